The first-order valence-corrected chi connectivity index (χ1v) is 4.00. The van der Waals surface area contributed by atoms with Gasteiger partial charge in [-0.2, -0.15) is 0 Å². The molecule has 3 N–H and O–H groups in total. The molecule has 7 heteroatoms. The van der Waals surface area contributed by atoms with E-state index in [0.29, 0.717) is 13.1 Å². The predicted molar refractivity (Wildman–Crippen MR) is 44.5 cm³/mol. The Morgan fingerprint density at radius 1 is 1.62 bits per heavy atom. The molecule has 0 saturated carbocycles. The molecule has 1 rings (SSSR count). The molecule has 1 aromatic heterocycles. The van der Waals surface area contributed by atoms with Gasteiger partial charge in [-0.25, -0.2) is 4.68 Å². The van der Waals surface area contributed by atoms with Crippen molar-refractivity contribution in [2.24, 2.45) is 5.73 Å². The van der Waals surface area contributed by atoms with Crippen LogP contribution in [0.25, 0.3) is 0 Å². The van der Waals surface area contributed by atoms with Crippen molar-refractivity contribution in [3.8, 4) is 0 Å². The number of rotatable bonds is 5. The molecule has 0 aromatic carbocycles. The summed E-state index contributed by atoms with van der Waals surface area (Å²) in [5.41, 5.74) is 5.26. The van der Waals surface area contributed by atoms with Crippen molar-refractivity contribution in [1.82, 2.24) is 25.5 Å². The van der Waals surface area contributed by atoms with E-state index in [9.17, 15) is 4.79 Å². The number of hydrogen-bond donors (Lipinski definition) is 2. The number of nitrogens with two attached hydrogens (primary N) is 1. The summed E-state index contributed by atoms with van der Waals surface area (Å²) in [4.78, 5) is 11.1. The third-order valence-corrected chi connectivity index (χ3v) is 1.40. The Kier molecular flexibility index (Phi) is 3.83. The molecule has 0 aliphatic heterocycles. The summed E-state index contributed by atoms with van der Waals surface area (Å²) in [6, 6.07) is 0. The molecule has 0 aliphatic rings. The van der Waals surface area contributed by atoms with Crippen molar-refractivity contribution < 1.29 is 4.79 Å². The minimum Gasteiger partial charge on any atom is -0.354 e. The van der Waals surface area contributed by atoms with Gasteiger partial charge in [0.05, 0.1) is 0 Å². The van der Waals surface area contributed by atoms with Crippen LogP contribution in [-0.2, 0) is 11.3 Å². The molecule has 1 aromatic rings. The number of nitrogens with one attached hydrogen (secondary N) is 1. The summed E-state index contributed by atoms with van der Waals surface area (Å²) in [6.45, 7) is 1.32. The van der Waals surface area contributed by atoms with Gasteiger partial charge in [-0.1, -0.05) is 0 Å². The lowest BCUT2D eigenvalue weighted by atomic mass is 10.4. The molecule has 0 radical (unpaired) electrons. The molecule has 0 unspecified atom stereocenters. The van der Waals surface area contributed by atoms with E-state index in [1.807, 2.05) is 0 Å². The highest BCUT2D eigenvalue weighted by atomic mass is 16.2. The lowest BCUT2D eigenvalue weighted by molar-refractivity contribution is -0.121. The van der Waals surface area contributed by atoms with E-state index in [1.54, 1.807) is 0 Å². The molecule has 0 aliphatic carbocycles. The summed E-state index contributed by atoms with van der Waals surface area (Å²) in [5, 5.41) is 13.0. The van der Waals surface area contributed by atoms with Crippen molar-refractivity contribution in [3.05, 3.63) is 6.33 Å². The first kappa shape index (κ1) is 9.59. The highest BCUT2D eigenvalue weighted by Gasteiger charge is 2.01. The maximum Gasteiger partial charge on any atom is 0.241 e. The maximum atomic E-state index is 11.1. The number of aromatic nitrogens is 4. The van der Waals surface area contributed by atoms with Gasteiger partial charge in [-0.3, -0.25) is 4.79 Å². The van der Waals surface area contributed by atoms with Crippen LogP contribution >= 0.6 is 0 Å². The van der Waals surface area contributed by atoms with E-state index in [-0.39, 0.29) is 12.5 Å². The summed E-state index contributed by atoms with van der Waals surface area (Å²) < 4.78 is 1.36. The van der Waals surface area contributed by atoms with Gasteiger partial charge in [0.25, 0.3) is 0 Å². The number of nitrogens with zero attached hydrogens (tertiary/aromatic N) is 4. The maximum absolute atomic E-state index is 11.1. The van der Waals surface area contributed by atoms with Crippen LogP contribution in [0, 0.1) is 0 Å². The van der Waals surface area contributed by atoms with Crippen molar-refractivity contribution in [2.45, 2.75) is 13.0 Å². The third kappa shape index (κ3) is 3.61. The van der Waals surface area contributed by atoms with Crippen LogP contribution in [0.1, 0.15) is 6.42 Å². The molecule has 13 heavy (non-hydrogen) atoms. The number of amides is 1. The second-order valence-electron chi connectivity index (χ2n) is 2.50. The molecule has 1 heterocycles. The quantitative estimate of drug-likeness (QED) is 0.523. The second kappa shape index (κ2) is 5.20. The smallest absolute Gasteiger partial charge is 0.241 e. The first-order valence-electron chi connectivity index (χ1n) is 4.00. The van der Waals surface area contributed by atoms with Crippen LogP contribution < -0.4 is 11.1 Å². The van der Waals surface area contributed by atoms with Gasteiger partial charge in [0.1, 0.15) is 12.9 Å². The molecule has 0 fully saturated rings. The highest BCUT2D eigenvalue weighted by molar-refractivity contribution is 5.75. The standard InChI is InChI=1S/C6H12N6O/c7-2-1-3-8-6(13)4-12-5-9-10-11-12/h5H,1-4,7H2,(H,8,13). The SMILES string of the molecule is NCCCNC(=O)Cn1cnnn1. The lowest BCUT2D eigenvalue weighted by Crippen LogP contribution is -2.29. The van der Waals surface area contributed by atoms with E-state index in [2.05, 4.69) is 20.8 Å². The van der Waals surface area contributed by atoms with Crippen LogP contribution in [0.2, 0.25) is 0 Å². The molecule has 1 amide bonds. The molecule has 0 atom stereocenters. The number of carbonyl (C=O) groups is 1. The van der Waals surface area contributed by atoms with Crippen LogP contribution in [-0.4, -0.2) is 39.2 Å². The second-order valence-corrected chi connectivity index (χ2v) is 2.50. The van der Waals surface area contributed by atoms with Gasteiger partial charge in [-0.15, -0.1) is 5.10 Å². The highest BCUT2D eigenvalue weighted by Crippen LogP contribution is 1.78. The van der Waals surface area contributed by atoms with Crippen molar-refractivity contribution >= 4 is 5.91 Å². The van der Waals surface area contributed by atoms with Gasteiger partial charge in [0.15, 0.2) is 0 Å². The molecule has 0 saturated heterocycles. The number of tetrazole rings is 1. The molecule has 72 valence electrons. The van der Waals surface area contributed by atoms with Gasteiger partial charge >= 0.3 is 0 Å². The Labute approximate surface area is 75.3 Å². The van der Waals surface area contributed by atoms with Gasteiger partial charge in [0.2, 0.25) is 5.91 Å². The average Bonchev–Trinajstić information content (AvgIpc) is 2.57. The van der Waals surface area contributed by atoms with E-state index in [4.69, 9.17) is 5.73 Å². The van der Waals surface area contributed by atoms with Crippen LogP contribution in [0.4, 0.5) is 0 Å². The molecule has 7 nitrogen and oxygen atoms in total. The molecule has 0 bridgehead atoms. The molecule has 0 spiro atoms. The predicted octanol–water partition coefficient (Wildman–Crippen LogP) is -1.86. The van der Waals surface area contributed by atoms with Crippen LogP contribution in [0.3, 0.4) is 0 Å². The van der Waals surface area contributed by atoms with Crippen molar-refractivity contribution in [3.63, 3.8) is 0 Å². The zero-order chi connectivity index (χ0) is 9.52. The minimum absolute atomic E-state index is 0.110. The third-order valence-electron chi connectivity index (χ3n) is 1.40. The van der Waals surface area contributed by atoms with Crippen molar-refractivity contribution in [2.75, 3.05) is 13.1 Å². The Balaban J connectivity index is 2.18. The Hall–Kier alpha value is -1.50. The minimum atomic E-state index is -0.110. The van der Waals surface area contributed by atoms with Gasteiger partial charge < -0.3 is 11.1 Å². The molecular weight excluding hydrogens is 172 g/mol. The average molecular weight is 184 g/mol. The largest absolute Gasteiger partial charge is 0.354 e. The van der Waals surface area contributed by atoms with Gasteiger partial charge in [-0.05, 0) is 23.4 Å². The lowest BCUT2D eigenvalue weighted by Gasteiger charge is -2.02. The summed E-state index contributed by atoms with van der Waals surface area (Å²) >= 11 is 0. The summed E-state index contributed by atoms with van der Waals surface area (Å²) in [7, 11) is 0. The summed E-state index contributed by atoms with van der Waals surface area (Å²) in [5.74, 6) is -0.110. The van der Waals surface area contributed by atoms with Crippen molar-refractivity contribution in [1.29, 1.82) is 0 Å². The zero-order valence-corrected chi connectivity index (χ0v) is 7.18. The number of carbonyl (C=O) groups excluding carboxylic acids is 1. The van der Waals surface area contributed by atoms with Crippen LogP contribution in [0.5, 0.6) is 0 Å². The molecular formula is C6H12N6O. The normalized spacial score (nSPS) is 9.92. The van der Waals surface area contributed by atoms with E-state index >= 15 is 0 Å². The Morgan fingerprint density at radius 3 is 3.08 bits per heavy atom. The zero-order valence-electron chi connectivity index (χ0n) is 7.18. The fourth-order valence-electron chi connectivity index (χ4n) is 0.786. The van der Waals surface area contributed by atoms with E-state index < -0.39 is 0 Å². The monoisotopic (exact) mass is 184 g/mol. The topological polar surface area (TPSA) is 98.7 Å². The van der Waals surface area contributed by atoms with E-state index in [1.165, 1.54) is 11.0 Å². The van der Waals surface area contributed by atoms with Gasteiger partial charge in [0, 0.05) is 6.54 Å². The van der Waals surface area contributed by atoms with Crippen LogP contribution in [0.15, 0.2) is 6.33 Å². The fraction of sp³-hybridized carbons (Fsp3) is 0.667. The Bertz CT molecular complexity index is 246. The number of hydrogen-bond acceptors (Lipinski definition) is 5. The Morgan fingerprint density at radius 2 is 2.46 bits per heavy atom. The first-order chi connectivity index (χ1) is 6.33. The summed E-state index contributed by atoms with van der Waals surface area (Å²) in [6.07, 6.45) is 2.17. The fourth-order valence-corrected chi connectivity index (χ4v) is 0.786. The van der Waals surface area contributed by atoms with E-state index in [0.717, 1.165) is 6.42 Å².